The Kier molecular flexibility index (Phi) is 7.57. The van der Waals surface area contributed by atoms with Gasteiger partial charge in [-0.1, -0.05) is 24.2 Å². The molecule has 2 aromatic heterocycles. The summed E-state index contributed by atoms with van der Waals surface area (Å²) in [4.78, 5) is 24.5. The van der Waals surface area contributed by atoms with Crippen LogP contribution in [0, 0.1) is 6.92 Å². The van der Waals surface area contributed by atoms with Gasteiger partial charge in [0.05, 0.1) is 24.8 Å². The number of alkyl halides is 2. The predicted molar refractivity (Wildman–Crippen MR) is 128 cm³/mol. The van der Waals surface area contributed by atoms with Crippen LogP contribution in [-0.4, -0.2) is 60.1 Å². The molecule has 1 unspecified atom stereocenters. The van der Waals surface area contributed by atoms with Crippen molar-refractivity contribution in [2.24, 2.45) is 0 Å². The van der Waals surface area contributed by atoms with Crippen molar-refractivity contribution < 1.29 is 22.8 Å². The van der Waals surface area contributed by atoms with E-state index in [-0.39, 0.29) is 23.8 Å². The fourth-order valence-electron chi connectivity index (χ4n) is 4.16. The molecular weight excluding hydrogens is 456 g/mol. The minimum atomic E-state index is -2.45. The van der Waals surface area contributed by atoms with Crippen molar-refractivity contribution in [3.63, 3.8) is 0 Å². The first-order valence-electron chi connectivity index (χ1n) is 11.6. The van der Waals surface area contributed by atoms with E-state index in [0.717, 1.165) is 24.3 Å². The van der Waals surface area contributed by atoms with Gasteiger partial charge in [0.15, 0.2) is 5.78 Å². The van der Waals surface area contributed by atoms with Gasteiger partial charge in [-0.15, -0.1) is 0 Å². The highest BCUT2D eigenvalue weighted by Gasteiger charge is 2.26. The highest BCUT2D eigenvalue weighted by Crippen LogP contribution is 2.27. The van der Waals surface area contributed by atoms with E-state index < -0.39 is 13.0 Å². The molecule has 3 aromatic rings. The van der Waals surface area contributed by atoms with Gasteiger partial charge in [-0.25, -0.2) is 13.8 Å². The van der Waals surface area contributed by atoms with E-state index in [4.69, 9.17) is 9.26 Å². The minimum absolute atomic E-state index is 0.0101. The maximum Gasteiger partial charge on any atom is 0.255 e. The Balaban J connectivity index is 1.31. The second-order valence-electron chi connectivity index (χ2n) is 8.85. The Morgan fingerprint density at radius 3 is 2.74 bits per heavy atom. The largest absolute Gasteiger partial charge is 0.489 e. The first kappa shape index (κ1) is 24.6. The molecule has 10 heteroatoms. The molecule has 2 atom stereocenters. The van der Waals surface area contributed by atoms with Crippen molar-refractivity contribution >= 4 is 17.5 Å². The first-order valence-corrected chi connectivity index (χ1v) is 11.6. The first-order chi connectivity index (χ1) is 16.8. The predicted octanol–water partition coefficient (Wildman–Crippen LogP) is 4.51. The van der Waals surface area contributed by atoms with Gasteiger partial charge in [-0.3, -0.25) is 4.79 Å². The van der Waals surface area contributed by atoms with Crippen LogP contribution in [0.3, 0.4) is 0 Å². The number of nitrogens with zero attached hydrogens (tertiary/aromatic N) is 5. The summed E-state index contributed by atoms with van der Waals surface area (Å²) in [7, 11) is 1.55. The number of halogens is 2. The van der Waals surface area contributed by atoms with Crippen LogP contribution in [0.15, 0.2) is 47.2 Å². The van der Waals surface area contributed by atoms with Crippen molar-refractivity contribution in [2.75, 3.05) is 36.5 Å². The van der Waals surface area contributed by atoms with Gasteiger partial charge in [0, 0.05) is 32.6 Å². The van der Waals surface area contributed by atoms with E-state index in [1.807, 2.05) is 31.2 Å². The number of hydrogen-bond acceptors (Lipinski definition) is 8. The van der Waals surface area contributed by atoms with E-state index in [9.17, 15) is 13.6 Å². The number of benzene rings is 1. The molecule has 8 nitrogen and oxygen atoms in total. The molecule has 0 radical (unpaired) electrons. The Hall–Kier alpha value is -3.56. The van der Waals surface area contributed by atoms with Crippen molar-refractivity contribution in [1.29, 1.82) is 0 Å². The highest BCUT2D eigenvalue weighted by atomic mass is 19.3. The van der Waals surface area contributed by atoms with Crippen LogP contribution in [-0.2, 0) is 0 Å². The quantitative estimate of drug-likeness (QED) is 0.388. The van der Waals surface area contributed by atoms with Crippen molar-refractivity contribution in [2.45, 2.75) is 45.1 Å². The molecule has 0 amide bonds. The van der Waals surface area contributed by atoms with E-state index in [2.05, 4.69) is 20.0 Å². The number of hydrogen-bond donors (Lipinski definition) is 0. The lowest BCUT2D eigenvalue weighted by molar-refractivity contribution is 0.0974. The normalized spacial score (nSPS) is 16.5. The molecule has 0 N–H and O–H groups in total. The lowest BCUT2D eigenvalue weighted by Gasteiger charge is -2.21. The molecule has 0 bridgehead atoms. The molecule has 35 heavy (non-hydrogen) atoms. The number of ketones is 1. The van der Waals surface area contributed by atoms with Crippen molar-refractivity contribution in [3.05, 3.63) is 59.6 Å². The number of aromatic nitrogens is 3. The Morgan fingerprint density at radius 1 is 1.29 bits per heavy atom. The van der Waals surface area contributed by atoms with E-state index in [1.54, 1.807) is 26.2 Å². The van der Waals surface area contributed by atoms with Crippen LogP contribution < -0.4 is 14.5 Å². The molecule has 1 aliphatic heterocycles. The van der Waals surface area contributed by atoms with Gasteiger partial charge >= 0.3 is 0 Å². The second-order valence-corrected chi connectivity index (χ2v) is 8.85. The lowest BCUT2D eigenvalue weighted by Crippen LogP contribution is -2.28. The topological polar surface area (TPSA) is 84.6 Å². The average Bonchev–Trinajstić information content (AvgIpc) is 3.48. The molecule has 1 saturated heterocycles. The molecule has 4 rings (SSSR count). The van der Waals surface area contributed by atoms with Crippen LogP contribution in [0.4, 0.5) is 20.5 Å². The third-order valence-electron chi connectivity index (χ3n) is 6.15. The van der Waals surface area contributed by atoms with Gasteiger partial charge in [-0.05, 0) is 36.6 Å². The summed E-state index contributed by atoms with van der Waals surface area (Å²) in [5.41, 5.74) is 1.58. The summed E-state index contributed by atoms with van der Waals surface area (Å²) < 4.78 is 36.5. The van der Waals surface area contributed by atoms with Gasteiger partial charge < -0.3 is 19.1 Å². The third-order valence-corrected chi connectivity index (χ3v) is 6.15. The van der Waals surface area contributed by atoms with Crippen LogP contribution in [0.25, 0.3) is 0 Å². The summed E-state index contributed by atoms with van der Waals surface area (Å²) in [5, 5.41) is 3.68. The molecule has 3 heterocycles. The van der Waals surface area contributed by atoms with Crippen LogP contribution in [0.1, 0.15) is 47.4 Å². The minimum Gasteiger partial charge on any atom is -0.489 e. The molecule has 1 fully saturated rings. The van der Waals surface area contributed by atoms with E-state index in [0.29, 0.717) is 30.1 Å². The zero-order valence-electron chi connectivity index (χ0n) is 20.0. The number of ether oxygens (including phenoxy) is 1. The average molecular weight is 486 g/mol. The summed E-state index contributed by atoms with van der Waals surface area (Å²) in [6, 6.07) is 9.59. The Bertz CT molecular complexity index is 1140. The monoisotopic (exact) mass is 485 g/mol. The lowest BCUT2D eigenvalue weighted by atomic mass is 9.93. The van der Waals surface area contributed by atoms with Crippen molar-refractivity contribution in [1.82, 2.24) is 15.1 Å². The number of rotatable bonds is 10. The molecule has 0 saturated carbocycles. The van der Waals surface area contributed by atoms with Crippen molar-refractivity contribution in [3.8, 4) is 5.75 Å². The number of Topliss-reactive ketones (excluding diaryl/α,β-unsaturated/α-hetero) is 1. The zero-order chi connectivity index (χ0) is 24.9. The number of anilines is 2. The molecule has 1 aromatic carbocycles. The molecule has 0 aliphatic carbocycles. The van der Waals surface area contributed by atoms with Crippen LogP contribution >= 0.6 is 0 Å². The fraction of sp³-hybridized carbons (Fsp3) is 0.440. The second kappa shape index (κ2) is 10.8. The van der Waals surface area contributed by atoms with Gasteiger partial charge in [-0.2, -0.15) is 4.98 Å². The SMILES string of the molecule is Cc1oncc1C(=O)C[C@@H](C)c1ccc(OC2CCN(c3ccnc(N(C)CC(F)F)n3)C2)cc1. The maximum atomic E-state index is 12.7. The van der Waals surface area contributed by atoms with Crippen LogP contribution in [0.5, 0.6) is 5.75 Å². The number of aryl methyl sites for hydroxylation is 1. The third kappa shape index (κ3) is 6.12. The smallest absolute Gasteiger partial charge is 0.255 e. The zero-order valence-corrected chi connectivity index (χ0v) is 20.0. The van der Waals surface area contributed by atoms with Gasteiger partial charge in [0.1, 0.15) is 23.4 Å². The van der Waals surface area contributed by atoms with Gasteiger partial charge in [0.2, 0.25) is 5.95 Å². The number of carbonyl (C=O) groups excluding carboxylic acids is 1. The molecule has 186 valence electrons. The fourth-order valence-corrected chi connectivity index (χ4v) is 4.16. The molecule has 0 spiro atoms. The maximum absolute atomic E-state index is 12.7. The summed E-state index contributed by atoms with van der Waals surface area (Å²) in [5.74, 6) is 2.32. The van der Waals surface area contributed by atoms with Crippen LogP contribution in [0.2, 0.25) is 0 Å². The summed E-state index contributed by atoms with van der Waals surface area (Å²) >= 11 is 0. The Labute approximate surface area is 202 Å². The van der Waals surface area contributed by atoms with Gasteiger partial charge in [0.25, 0.3) is 6.43 Å². The highest BCUT2D eigenvalue weighted by molar-refractivity contribution is 5.97. The summed E-state index contributed by atoms with van der Waals surface area (Å²) in [6.45, 7) is 4.72. The molecule has 1 aliphatic rings. The van der Waals surface area contributed by atoms with E-state index >= 15 is 0 Å². The molecular formula is C25H29F2N5O3. The summed E-state index contributed by atoms with van der Waals surface area (Å²) in [6.07, 6.45) is 1.77. The Morgan fingerprint density at radius 2 is 2.06 bits per heavy atom. The standard InChI is InChI=1S/C25H29F2N5O3/c1-16(12-22(33)21-13-29-35-17(21)2)18-4-6-19(7-5-18)34-20-9-11-32(14-20)24-8-10-28-25(30-24)31(3)15-23(26)27/h4-8,10,13,16,20,23H,9,11-12,14-15H2,1-3H3/t16-,20?/m1/s1. The van der Waals surface area contributed by atoms with E-state index in [1.165, 1.54) is 11.1 Å². The number of carbonyl (C=O) groups is 1.